The molecule has 1 heterocycles. The lowest BCUT2D eigenvalue weighted by Gasteiger charge is -2.30. The third kappa shape index (κ3) is 3.20. The number of likely N-dealkylation sites (tertiary alicyclic amines) is 1. The maximum atomic E-state index is 11.5. The van der Waals surface area contributed by atoms with Gasteiger partial charge >= 0.3 is 0 Å². The van der Waals surface area contributed by atoms with Crippen molar-refractivity contribution < 1.29 is 9.53 Å². The van der Waals surface area contributed by atoms with Crippen LogP contribution in [0.4, 0.5) is 0 Å². The molecule has 2 aliphatic rings. The van der Waals surface area contributed by atoms with Crippen molar-refractivity contribution >= 4 is 5.91 Å². The molecule has 2 unspecified atom stereocenters. The highest BCUT2D eigenvalue weighted by atomic mass is 16.5. The first-order valence-corrected chi connectivity index (χ1v) is 9.24. The molecule has 2 aromatic carbocycles. The fourth-order valence-corrected chi connectivity index (χ4v) is 4.23. The number of nitrogens with two attached hydrogens (primary N) is 2. The van der Waals surface area contributed by atoms with E-state index < -0.39 is 5.91 Å². The minimum absolute atomic E-state index is 0.0501. The van der Waals surface area contributed by atoms with Gasteiger partial charge in [-0.3, -0.25) is 9.69 Å². The standard InChI is InChI=1S/C21H25N3O2/c22-12-14-8-9-24(13-14)19-11-15-4-1-2-7-18(15)20(19)26-17-6-3-5-16(10-17)21(23)25/h1-7,10,14,19-20H,8-9,11-13,22H2,(H2,23,25)/t14?,19-,20?/m1/s1. The maximum Gasteiger partial charge on any atom is 0.248 e. The second-order valence-corrected chi connectivity index (χ2v) is 7.29. The van der Waals surface area contributed by atoms with Gasteiger partial charge in [0.05, 0.1) is 6.04 Å². The number of carbonyl (C=O) groups excluding carboxylic acids is 1. The quantitative estimate of drug-likeness (QED) is 0.864. The molecular weight excluding hydrogens is 326 g/mol. The predicted octanol–water partition coefficient (Wildman–Crippen LogP) is 2.11. The van der Waals surface area contributed by atoms with Gasteiger partial charge in [0.2, 0.25) is 5.91 Å². The Morgan fingerprint density at radius 3 is 2.81 bits per heavy atom. The highest BCUT2D eigenvalue weighted by molar-refractivity contribution is 5.93. The highest BCUT2D eigenvalue weighted by Gasteiger charge is 2.40. The summed E-state index contributed by atoms with van der Waals surface area (Å²) in [5, 5.41) is 0. The van der Waals surface area contributed by atoms with Gasteiger partial charge in [0.25, 0.3) is 0 Å². The molecule has 0 aromatic heterocycles. The Bertz CT molecular complexity index is 807. The Morgan fingerprint density at radius 1 is 1.19 bits per heavy atom. The summed E-state index contributed by atoms with van der Waals surface area (Å²) in [4.78, 5) is 14.0. The van der Waals surface area contributed by atoms with Crippen molar-refractivity contribution in [3.05, 3.63) is 65.2 Å². The monoisotopic (exact) mass is 351 g/mol. The highest BCUT2D eigenvalue weighted by Crippen LogP contribution is 2.39. The molecule has 136 valence electrons. The van der Waals surface area contributed by atoms with Crippen LogP contribution in [-0.2, 0) is 6.42 Å². The third-order valence-electron chi connectivity index (χ3n) is 5.64. The van der Waals surface area contributed by atoms with E-state index in [1.165, 1.54) is 11.1 Å². The normalized spacial score (nSPS) is 25.2. The van der Waals surface area contributed by atoms with E-state index in [4.69, 9.17) is 16.2 Å². The lowest BCUT2D eigenvalue weighted by molar-refractivity contribution is 0.0912. The van der Waals surface area contributed by atoms with Gasteiger partial charge in [0.15, 0.2) is 0 Å². The van der Waals surface area contributed by atoms with Crippen LogP contribution in [0, 0.1) is 5.92 Å². The molecule has 26 heavy (non-hydrogen) atoms. The van der Waals surface area contributed by atoms with Crippen LogP contribution in [0.2, 0.25) is 0 Å². The number of hydrogen-bond donors (Lipinski definition) is 2. The number of carbonyl (C=O) groups is 1. The van der Waals surface area contributed by atoms with Crippen LogP contribution in [0.25, 0.3) is 0 Å². The Morgan fingerprint density at radius 2 is 2.04 bits per heavy atom. The first-order valence-electron chi connectivity index (χ1n) is 9.24. The van der Waals surface area contributed by atoms with Crippen molar-refractivity contribution in [1.82, 2.24) is 4.90 Å². The van der Waals surface area contributed by atoms with Crippen LogP contribution >= 0.6 is 0 Å². The molecule has 5 nitrogen and oxygen atoms in total. The average Bonchev–Trinajstić information content (AvgIpc) is 3.27. The van der Waals surface area contributed by atoms with Gasteiger partial charge in [0.1, 0.15) is 11.9 Å². The van der Waals surface area contributed by atoms with Crippen molar-refractivity contribution in [3.63, 3.8) is 0 Å². The molecule has 0 radical (unpaired) electrons. The van der Waals surface area contributed by atoms with Gasteiger partial charge < -0.3 is 16.2 Å². The Labute approximate surface area is 153 Å². The van der Waals surface area contributed by atoms with Gasteiger partial charge in [-0.1, -0.05) is 30.3 Å². The molecule has 5 heteroatoms. The number of ether oxygens (including phenoxy) is 1. The lowest BCUT2D eigenvalue weighted by atomic mass is 10.1. The maximum absolute atomic E-state index is 11.5. The van der Waals surface area contributed by atoms with Gasteiger partial charge in [0, 0.05) is 12.1 Å². The van der Waals surface area contributed by atoms with Crippen molar-refractivity contribution in [1.29, 1.82) is 0 Å². The Kier molecular flexibility index (Phi) is 4.66. The minimum atomic E-state index is -0.441. The second kappa shape index (κ2) is 7.09. The summed E-state index contributed by atoms with van der Waals surface area (Å²) in [5.41, 5.74) is 14.3. The zero-order chi connectivity index (χ0) is 18.1. The summed E-state index contributed by atoms with van der Waals surface area (Å²) in [5.74, 6) is 0.810. The van der Waals surface area contributed by atoms with Crippen LogP contribution in [-0.4, -0.2) is 36.5 Å². The molecule has 2 aromatic rings. The number of amides is 1. The summed E-state index contributed by atoms with van der Waals surface area (Å²) >= 11 is 0. The molecule has 1 fully saturated rings. The van der Waals surface area contributed by atoms with Gasteiger partial charge in [-0.15, -0.1) is 0 Å². The van der Waals surface area contributed by atoms with E-state index in [1.54, 1.807) is 12.1 Å². The molecule has 3 atom stereocenters. The van der Waals surface area contributed by atoms with E-state index in [-0.39, 0.29) is 6.10 Å². The summed E-state index contributed by atoms with van der Waals surface area (Å²) < 4.78 is 6.41. The van der Waals surface area contributed by atoms with E-state index in [0.717, 1.165) is 32.5 Å². The summed E-state index contributed by atoms with van der Waals surface area (Å²) in [7, 11) is 0. The van der Waals surface area contributed by atoms with Crippen molar-refractivity contribution in [2.45, 2.75) is 25.0 Å². The molecule has 0 bridgehead atoms. The summed E-state index contributed by atoms with van der Waals surface area (Å²) in [6.45, 7) is 2.82. The summed E-state index contributed by atoms with van der Waals surface area (Å²) in [6.07, 6.45) is 2.08. The predicted molar refractivity (Wildman–Crippen MR) is 101 cm³/mol. The molecule has 4 rings (SSSR count). The molecule has 0 saturated carbocycles. The third-order valence-corrected chi connectivity index (χ3v) is 5.64. The molecule has 0 spiro atoms. The first-order chi connectivity index (χ1) is 12.7. The molecule has 1 amide bonds. The van der Waals surface area contributed by atoms with E-state index in [0.29, 0.717) is 23.3 Å². The van der Waals surface area contributed by atoms with E-state index in [2.05, 4.69) is 29.2 Å². The number of rotatable bonds is 5. The van der Waals surface area contributed by atoms with Gasteiger partial charge in [-0.25, -0.2) is 0 Å². The molecule has 1 saturated heterocycles. The van der Waals surface area contributed by atoms with E-state index in [9.17, 15) is 4.79 Å². The fraction of sp³-hybridized carbons (Fsp3) is 0.381. The zero-order valence-corrected chi connectivity index (χ0v) is 14.8. The largest absolute Gasteiger partial charge is 0.484 e. The molecule has 4 N–H and O–H groups in total. The van der Waals surface area contributed by atoms with E-state index >= 15 is 0 Å². The van der Waals surface area contributed by atoms with Crippen molar-refractivity contribution in [2.24, 2.45) is 17.4 Å². The minimum Gasteiger partial charge on any atom is -0.484 e. The van der Waals surface area contributed by atoms with Crippen LogP contribution in [0.1, 0.15) is 34.0 Å². The van der Waals surface area contributed by atoms with Crippen LogP contribution in [0.15, 0.2) is 48.5 Å². The second-order valence-electron chi connectivity index (χ2n) is 7.29. The molecular formula is C21H25N3O2. The van der Waals surface area contributed by atoms with Gasteiger partial charge in [-0.05, 0) is 61.2 Å². The number of hydrogen-bond acceptors (Lipinski definition) is 4. The summed E-state index contributed by atoms with van der Waals surface area (Å²) in [6, 6.07) is 15.9. The first kappa shape index (κ1) is 17.1. The van der Waals surface area contributed by atoms with Crippen LogP contribution in [0.3, 0.4) is 0 Å². The smallest absolute Gasteiger partial charge is 0.248 e. The SMILES string of the molecule is NCC1CCN([C@@H]2Cc3ccccc3C2Oc2cccc(C(N)=O)c2)C1. The number of fused-ring (bicyclic) bond motifs is 1. The Balaban J connectivity index is 1.62. The molecule has 1 aliphatic carbocycles. The van der Waals surface area contributed by atoms with Gasteiger partial charge in [-0.2, -0.15) is 0 Å². The fourth-order valence-electron chi connectivity index (χ4n) is 4.23. The zero-order valence-electron chi connectivity index (χ0n) is 14.8. The van der Waals surface area contributed by atoms with Crippen molar-refractivity contribution in [2.75, 3.05) is 19.6 Å². The topological polar surface area (TPSA) is 81.6 Å². The van der Waals surface area contributed by atoms with Crippen LogP contribution in [0.5, 0.6) is 5.75 Å². The molecule has 1 aliphatic heterocycles. The number of benzene rings is 2. The van der Waals surface area contributed by atoms with E-state index in [1.807, 2.05) is 12.1 Å². The van der Waals surface area contributed by atoms with Crippen molar-refractivity contribution in [3.8, 4) is 5.75 Å². The average molecular weight is 351 g/mol. The number of nitrogens with zero attached hydrogens (tertiary/aromatic N) is 1. The Hall–Kier alpha value is -2.37. The lowest BCUT2D eigenvalue weighted by Crippen LogP contribution is -2.39. The number of primary amides is 1. The van der Waals surface area contributed by atoms with Crippen LogP contribution < -0.4 is 16.2 Å².